The molecule has 5 heteroatoms. The minimum Gasteiger partial charge on any atom is -0.368 e. The van der Waals surface area contributed by atoms with Crippen molar-refractivity contribution in [2.45, 2.75) is 70.6 Å². The number of fused-ring (bicyclic) bond motifs is 2. The molecule has 1 saturated heterocycles. The minimum atomic E-state index is 0.425. The van der Waals surface area contributed by atoms with E-state index >= 15 is 0 Å². The molecule has 0 aliphatic carbocycles. The number of rotatable bonds is 5. The van der Waals surface area contributed by atoms with Crippen molar-refractivity contribution in [3.63, 3.8) is 0 Å². The molecule has 4 nitrogen and oxygen atoms in total. The third-order valence-corrected chi connectivity index (χ3v) is 8.07. The van der Waals surface area contributed by atoms with Gasteiger partial charge in [0.2, 0.25) is 0 Å². The number of piperazine rings is 1. The van der Waals surface area contributed by atoms with Crippen LogP contribution in [0.25, 0.3) is 10.9 Å². The van der Waals surface area contributed by atoms with Gasteiger partial charge in [0.15, 0.2) is 0 Å². The van der Waals surface area contributed by atoms with Crippen LogP contribution in [0.4, 0.5) is 5.69 Å². The van der Waals surface area contributed by atoms with Crippen molar-refractivity contribution in [1.29, 1.82) is 5.26 Å². The van der Waals surface area contributed by atoms with E-state index in [-0.39, 0.29) is 0 Å². The van der Waals surface area contributed by atoms with Gasteiger partial charge < -0.3 is 10.2 Å². The zero-order valence-electron chi connectivity index (χ0n) is 20.7. The number of nitriles is 1. The Morgan fingerprint density at radius 1 is 1.21 bits per heavy atom. The third kappa shape index (κ3) is 4.57. The van der Waals surface area contributed by atoms with E-state index in [0.717, 1.165) is 36.5 Å². The Bertz CT molecular complexity index is 1220. The maximum Gasteiger partial charge on any atom is 0.148 e. The molecule has 0 radical (unpaired) electrons. The molecule has 0 spiro atoms. The van der Waals surface area contributed by atoms with Crippen LogP contribution in [0.3, 0.4) is 0 Å². The first kappa shape index (κ1) is 22.9. The molecule has 5 rings (SSSR count). The smallest absolute Gasteiger partial charge is 0.148 e. The van der Waals surface area contributed by atoms with E-state index in [2.05, 4.69) is 72.4 Å². The lowest BCUT2D eigenvalue weighted by atomic mass is 9.33. The predicted molar refractivity (Wildman–Crippen MR) is 143 cm³/mol. The van der Waals surface area contributed by atoms with Crippen LogP contribution in [0.15, 0.2) is 48.7 Å². The molecule has 3 heterocycles. The van der Waals surface area contributed by atoms with Crippen LogP contribution in [0.5, 0.6) is 0 Å². The van der Waals surface area contributed by atoms with Gasteiger partial charge in [-0.3, -0.25) is 4.98 Å². The number of aromatic nitrogens is 1. The molecule has 3 atom stereocenters. The summed E-state index contributed by atoms with van der Waals surface area (Å²) in [6, 6.07) is 18.4. The summed E-state index contributed by atoms with van der Waals surface area (Å²) in [7, 11) is 0. The first-order valence-corrected chi connectivity index (χ1v) is 12.9. The molecule has 34 heavy (non-hydrogen) atoms. The van der Waals surface area contributed by atoms with Gasteiger partial charge in [0.05, 0.1) is 11.1 Å². The van der Waals surface area contributed by atoms with Crippen molar-refractivity contribution < 1.29 is 0 Å². The fraction of sp³-hybridized carbons (Fsp3) is 0.448. The average molecular weight is 450 g/mol. The summed E-state index contributed by atoms with van der Waals surface area (Å²) in [5.41, 5.74) is 7.20. The third-order valence-electron chi connectivity index (χ3n) is 8.07. The van der Waals surface area contributed by atoms with Crippen LogP contribution >= 0.6 is 0 Å². The number of anilines is 1. The van der Waals surface area contributed by atoms with E-state index in [1.807, 2.05) is 12.1 Å². The van der Waals surface area contributed by atoms with Gasteiger partial charge >= 0.3 is 0 Å². The maximum absolute atomic E-state index is 9.53. The molecule has 0 bridgehead atoms. The van der Waals surface area contributed by atoms with Crippen LogP contribution in [0, 0.1) is 18.3 Å². The van der Waals surface area contributed by atoms with Gasteiger partial charge in [-0.1, -0.05) is 54.8 Å². The van der Waals surface area contributed by atoms with Gasteiger partial charge in [-0.25, -0.2) is 0 Å². The summed E-state index contributed by atoms with van der Waals surface area (Å²) in [4.78, 5) is 7.04. The molecule has 3 aromatic rings. The summed E-state index contributed by atoms with van der Waals surface area (Å²) >= 11 is 0. The molecular weight excluding hydrogens is 415 g/mol. The lowest BCUT2D eigenvalue weighted by Gasteiger charge is -2.41. The Labute approximate surface area is 204 Å². The van der Waals surface area contributed by atoms with Gasteiger partial charge in [-0.2, -0.15) is 5.26 Å². The molecule has 1 aromatic heterocycles. The Balaban J connectivity index is 1.34. The highest BCUT2D eigenvalue weighted by molar-refractivity contribution is 6.60. The summed E-state index contributed by atoms with van der Waals surface area (Å²) in [5, 5.41) is 14.5. The van der Waals surface area contributed by atoms with Gasteiger partial charge in [0.25, 0.3) is 0 Å². The van der Waals surface area contributed by atoms with E-state index in [1.165, 1.54) is 43.2 Å². The van der Waals surface area contributed by atoms with Gasteiger partial charge in [-0.15, -0.1) is 0 Å². The molecule has 1 N–H and O–H groups in total. The van der Waals surface area contributed by atoms with E-state index in [4.69, 9.17) is 0 Å². The SMILES string of the molecule is CCC(CC1CN(c2ccc(C#N)c3ncccc23)CC(C)N1)B1CCc2cc(C)ccc2C1. The van der Waals surface area contributed by atoms with Gasteiger partial charge in [0.1, 0.15) is 12.8 Å². The fourth-order valence-electron chi connectivity index (χ4n) is 6.41. The monoisotopic (exact) mass is 450 g/mol. The molecule has 3 unspecified atom stereocenters. The number of aryl methyl sites for hydroxylation is 2. The zero-order chi connectivity index (χ0) is 23.7. The van der Waals surface area contributed by atoms with E-state index in [1.54, 1.807) is 17.3 Å². The number of pyridine rings is 1. The van der Waals surface area contributed by atoms with Crippen LogP contribution in [-0.2, 0) is 12.7 Å². The quantitative estimate of drug-likeness (QED) is 0.516. The number of hydrogen-bond donors (Lipinski definition) is 1. The average Bonchev–Trinajstić information content (AvgIpc) is 2.86. The predicted octanol–water partition coefficient (Wildman–Crippen LogP) is 5.58. The highest BCUT2D eigenvalue weighted by Crippen LogP contribution is 2.35. The Hall–Kier alpha value is -2.84. The molecule has 0 saturated carbocycles. The molecule has 2 aromatic carbocycles. The zero-order valence-corrected chi connectivity index (χ0v) is 20.7. The van der Waals surface area contributed by atoms with Gasteiger partial charge in [0, 0.05) is 42.4 Å². The molecule has 2 aliphatic rings. The highest BCUT2D eigenvalue weighted by atomic mass is 15.2. The normalized spacial score (nSPS) is 21.2. The summed E-state index contributed by atoms with van der Waals surface area (Å²) in [5.74, 6) is 0.735. The van der Waals surface area contributed by atoms with E-state index in [0.29, 0.717) is 17.6 Å². The molecule has 2 aliphatic heterocycles. The highest BCUT2D eigenvalue weighted by Gasteiger charge is 2.33. The van der Waals surface area contributed by atoms with Crippen molar-refractivity contribution in [1.82, 2.24) is 10.3 Å². The Kier molecular flexibility index (Phi) is 6.61. The van der Waals surface area contributed by atoms with Crippen LogP contribution in [0.1, 0.15) is 48.9 Å². The standard InChI is InChI=1S/C29H35BN4/c1-4-25(30-12-11-22-14-20(2)7-8-23(22)16-30)15-26-19-34(18-21(3)33-26)28-10-9-24(17-31)29-27(28)6-5-13-32-29/h5-10,13-14,21,25-26,33H,4,11-12,15-16,18-19H2,1-3H3. The lowest BCUT2D eigenvalue weighted by Crippen LogP contribution is -2.56. The number of nitrogens with one attached hydrogen (secondary N) is 1. The lowest BCUT2D eigenvalue weighted by molar-refractivity contribution is 0.363. The summed E-state index contributed by atoms with van der Waals surface area (Å²) in [6.45, 7) is 9.62. The fourth-order valence-corrected chi connectivity index (χ4v) is 6.41. The van der Waals surface area contributed by atoms with E-state index < -0.39 is 0 Å². The van der Waals surface area contributed by atoms with Crippen LogP contribution in [0.2, 0.25) is 12.1 Å². The topological polar surface area (TPSA) is 52.0 Å². The second-order valence-corrected chi connectivity index (χ2v) is 10.5. The largest absolute Gasteiger partial charge is 0.368 e. The molecule has 1 fully saturated rings. The van der Waals surface area contributed by atoms with Crippen LogP contribution < -0.4 is 10.2 Å². The maximum atomic E-state index is 9.53. The molecule has 0 amide bonds. The second-order valence-electron chi connectivity index (χ2n) is 10.5. The first-order valence-electron chi connectivity index (χ1n) is 12.9. The summed E-state index contributed by atoms with van der Waals surface area (Å²) < 4.78 is 0. The second kappa shape index (κ2) is 9.80. The Morgan fingerprint density at radius 3 is 2.91 bits per heavy atom. The minimum absolute atomic E-state index is 0.425. The first-order chi connectivity index (χ1) is 16.6. The van der Waals surface area contributed by atoms with E-state index in [9.17, 15) is 5.26 Å². The molecule has 174 valence electrons. The van der Waals surface area contributed by atoms with Crippen molar-refractivity contribution in [2.24, 2.45) is 0 Å². The number of nitrogens with zero attached hydrogens (tertiary/aromatic N) is 3. The van der Waals surface area contributed by atoms with Crippen molar-refractivity contribution >= 4 is 23.3 Å². The Morgan fingerprint density at radius 2 is 2.09 bits per heavy atom. The van der Waals surface area contributed by atoms with Crippen molar-refractivity contribution in [2.75, 3.05) is 18.0 Å². The summed E-state index contributed by atoms with van der Waals surface area (Å²) in [6.07, 6.45) is 8.01. The van der Waals surface area contributed by atoms with Crippen LogP contribution in [-0.4, -0.2) is 36.9 Å². The van der Waals surface area contributed by atoms with Gasteiger partial charge in [-0.05, 0) is 62.8 Å². The van der Waals surface area contributed by atoms with Crippen molar-refractivity contribution in [3.8, 4) is 6.07 Å². The molecular formula is C29H35BN4. The number of hydrogen-bond acceptors (Lipinski definition) is 4. The van der Waals surface area contributed by atoms with Crippen molar-refractivity contribution in [3.05, 3.63) is 70.9 Å². The number of benzene rings is 2.